The van der Waals surface area contributed by atoms with Gasteiger partial charge in [-0.05, 0) is 43.9 Å². The van der Waals surface area contributed by atoms with Crippen LogP contribution in [0.2, 0.25) is 0 Å². The number of fused-ring (bicyclic) bond motifs is 1. The number of nitrogens with zero attached hydrogens (tertiary/aromatic N) is 1. The first-order valence-corrected chi connectivity index (χ1v) is 7.53. The van der Waals surface area contributed by atoms with E-state index >= 15 is 0 Å². The normalized spacial score (nSPS) is 22.8. The Balaban J connectivity index is 1.93. The predicted molar refractivity (Wildman–Crippen MR) is 83.5 cm³/mol. The largest absolute Gasteiger partial charge is 0.391 e. The number of aliphatic hydroxyl groups is 1. The first-order valence-electron chi connectivity index (χ1n) is 7.53. The Kier molecular flexibility index (Phi) is 3.49. The number of aryl methyl sites for hydroxylation is 2. The second kappa shape index (κ2) is 5.19. The Labute approximate surface area is 124 Å². The maximum atomic E-state index is 12.7. The molecule has 1 fully saturated rings. The molecule has 1 saturated heterocycles. The quantitative estimate of drug-likeness (QED) is 0.846. The maximum Gasteiger partial charge on any atom is 0.270 e. The molecule has 1 aromatic carbocycles. The number of nitrogens with one attached hydrogen (secondary N) is 1. The molecule has 2 N–H and O–H groups in total. The SMILES string of the molecule is Cc1ccc2[nH]c(C(=O)N3CCC(C)C(O)C3)c(C)c2c1. The summed E-state index contributed by atoms with van der Waals surface area (Å²) in [5, 5.41) is 11.1. The van der Waals surface area contributed by atoms with Crippen LogP contribution in [-0.2, 0) is 0 Å². The van der Waals surface area contributed by atoms with Gasteiger partial charge in [0.1, 0.15) is 5.69 Å². The van der Waals surface area contributed by atoms with Crippen LogP contribution in [0.25, 0.3) is 10.9 Å². The average molecular weight is 286 g/mol. The van der Waals surface area contributed by atoms with E-state index in [2.05, 4.69) is 18.0 Å². The highest BCUT2D eigenvalue weighted by atomic mass is 16.3. The molecule has 0 spiro atoms. The van der Waals surface area contributed by atoms with Crippen LogP contribution in [0.1, 0.15) is 35.0 Å². The Morgan fingerprint density at radius 1 is 1.38 bits per heavy atom. The molecule has 21 heavy (non-hydrogen) atoms. The second-order valence-electron chi connectivity index (χ2n) is 6.26. The number of aromatic nitrogens is 1. The summed E-state index contributed by atoms with van der Waals surface area (Å²) in [6, 6.07) is 6.16. The third-order valence-corrected chi connectivity index (χ3v) is 4.63. The third kappa shape index (κ3) is 2.44. The lowest BCUT2D eigenvalue weighted by atomic mass is 9.96. The van der Waals surface area contributed by atoms with Crippen LogP contribution >= 0.6 is 0 Å². The van der Waals surface area contributed by atoms with Crippen molar-refractivity contribution in [2.45, 2.75) is 33.3 Å². The minimum absolute atomic E-state index is 0.00713. The first kappa shape index (κ1) is 14.1. The van der Waals surface area contributed by atoms with Gasteiger partial charge in [-0.3, -0.25) is 4.79 Å². The van der Waals surface area contributed by atoms with Gasteiger partial charge in [0.05, 0.1) is 6.10 Å². The van der Waals surface area contributed by atoms with E-state index in [4.69, 9.17) is 0 Å². The Morgan fingerprint density at radius 2 is 2.14 bits per heavy atom. The smallest absolute Gasteiger partial charge is 0.270 e. The Bertz CT molecular complexity index is 689. The van der Waals surface area contributed by atoms with Crippen LogP contribution in [0, 0.1) is 19.8 Å². The lowest BCUT2D eigenvalue weighted by molar-refractivity contribution is 0.0245. The van der Waals surface area contributed by atoms with Crippen molar-refractivity contribution < 1.29 is 9.90 Å². The first-order chi connectivity index (χ1) is 9.97. The molecule has 0 aliphatic carbocycles. The van der Waals surface area contributed by atoms with Crippen LogP contribution in [0.15, 0.2) is 18.2 Å². The van der Waals surface area contributed by atoms with Gasteiger partial charge in [-0.2, -0.15) is 0 Å². The molecule has 4 heteroatoms. The van der Waals surface area contributed by atoms with Gasteiger partial charge >= 0.3 is 0 Å². The fourth-order valence-corrected chi connectivity index (χ4v) is 3.05. The summed E-state index contributed by atoms with van der Waals surface area (Å²) in [5.74, 6) is 0.257. The van der Waals surface area contributed by atoms with Crippen LogP contribution in [0.3, 0.4) is 0 Å². The van der Waals surface area contributed by atoms with Crippen molar-refractivity contribution >= 4 is 16.8 Å². The second-order valence-corrected chi connectivity index (χ2v) is 6.26. The van der Waals surface area contributed by atoms with Crippen molar-refractivity contribution in [3.8, 4) is 0 Å². The van der Waals surface area contributed by atoms with E-state index in [0.717, 1.165) is 22.9 Å². The van der Waals surface area contributed by atoms with E-state index in [0.29, 0.717) is 18.8 Å². The number of likely N-dealkylation sites (tertiary alicyclic amines) is 1. The molecule has 1 aliphatic rings. The van der Waals surface area contributed by atoms with Crippen LogP contribution in [0.5, 0.6) is 0 Å². The molecular weight excluding hydrogens is 264 g/mol. The van der Waals surface area contributed by atoms with E-state index < -0.39 is 6.10 Å². The number of carbonyl (C=O) groups excluding carboxylic acids is 1. The van der Waals surface area contributed by atoms with Gasteiger partial charge in [0.15, 0.2) is 0 Å². The number of piperidine rings is 1. The van der Waals surface area contributed by atoms with Crippen molar-refractivity contribution in [3.63, 3.8) is 0 Å². The third-order valence-electron chi connectivity index (χ3n) is 4.63. The molecule has 112 valence electrons. The molecule has 2 unspecified atom stereocenters. The lowest BCUT2D eigenvalue weighted by Crippen LogP contribution is -2.46. The number of aromatic amines is 1. The summed E-state index contributed by atoms with van der Waals surface area (Å²) in [6.45, 7) is 7.20. The number of β-amino-alcohol motifs (C(OH)–C–C–N with tert-alkyl or cyclic N) is 1. The minimum Gasteiger partial charge on any atom is -0.391 e. The average Bonchev–Trinajstić information content (AvgIpc) is 2.78. The molecule has 2 atom stereocenters. The number of hydrogen-bond acceptors (Lipinski definition) is 2. The molecule has 2 aromatic rings. The lowest BCUT2D eigenvalue weighted by Gasteiger charge is -2.34. The highest BCUT2D eigenvalue weighted by Gasteiger charge is 2.29. The molecule has 0 bridgehead atoms. The van der Waals surface area contributed by atoms with Crippen molar-refractivity contribution in [3.05, 3.63) is 35.0 Å². The van der Waals surface area contributed by atoms with E-state index in [1.165, 1.54) is 5.56 Å². The van der Waals surface area contributed by atoms with Crippen LogP contribution < -0.4 is 0 Å². The van der Waals surface area contributed by atoms with Crippen molar-refractivity contribution in [2.24, 2.45) is 5.92 Å². The summed E-state index contributed by atoms with van der Waals surface area (Å²) in [6.07, 6.45) is 0.431. The highest BCUT2D eigenvalue weighted by Crippen LogP contribution is 2.25. The van der Waals surface area contributed by atoms with Crippen molar-refractivity contribution in [1.29, 1.82) is 0 Å². The van der Waals surface area contributed by atoms with E-state index in [9.17, 15) is 9.90 Å². The monoisotopic (exact) mass is 286 g/mol. The molecule has 4 nitrogen and oxygen atoms in total. The van der Waals surface area contributed by atoms with Crippen LogP contribution in [-0.4, -0.2) is 40.1 Å². The van der Waals surface area contributed by atoms with Gasteiger partial charge in [0, 0.05) is 24.0 Å². The maximum absolute atomic E-state index is 12.7. The summed E-state index contributed by atoms with van der Waals surface area (Å²) >= 11 is 0. The predicted octanol–water partition coefficient (Wildman–Crippen LogP) is 2.63. The highest BCUT2D eigenvalue weighted by molar-refractivity contribution is 6.01. The van der Waals surface area contributed by atoms with Crippen molar-refractivity contribution in [1.82, 2.24) is 9.88 Å². The number of rotatable bonds is 1. The minimum atomic E-state index is -0.422. The number of aliphatic hydroxyl groups excluding tert-OH is 1. The number of H-pyrrole nitrogens is 1. The van der Waals surface area contributed by atoms with Gasteiger partial charge < -0.3 is 15.0 Å². The molecule has 2 heterocycles. The Hall–Kier alpha value is -1.81. The van der Waals surface area contributed by atoms with Crippen molar-refractivity contribution in [2.75, 3.05) is 13.1 Å². The molecule has 1 aliphatic heterocycles. The standard InChI is InChI=1S/C17H22N2O2/c1-10-4-5-14-13(8-10)12(3)16(18-14)17(21)19-7-6-11(2)15(20)9-19/h4-5,8,11,15,18,20H,6-7,9H2,1-3H3. The fourth-order valence-electron chi connectivity index (χ4n) is 3.05. The number of benzene rings is 1. The zero-order valence-corrected chi connectivity index (χ0v) is 12.8. The molecule has 1 amide bonds. The summed E-state index contributed by atoms with van der Waals surface area (Å²) in [4.78, 5) is 17.7. The topological polar surface area (TPSA) is 56.3 Å². The van der Waals surface area contributed by atoms with Gasteiger partial charge in [0.25, 0.3) is 5.91 Å². The molecule has 1 aromatic heterocycles. The molecule has 3 rings (SSSR count). The Morgan fingerprint density at radius 3 is 2.86 bits per heavy atom. The number of carbonyl (C=O) groups is 1. The zero-order valence-electron chi connectivity index (χ0n) is 12.8. The van der Waals surface area contributed by atoms with Gasteiger partial charge in [-0.1, -0.05) is 18.6 Å². The fraction of sp³-hybridized carbons (Fsp3) is 0.471. The van der Waals surface area contributed by atoms with E-state index in [-0.39, 0.29) is 11.8 Å². The number of hydrogen-bond donors (Lipinski definition) is 2. The molecule has 0 radical (unpaired) electrons. The van der Waals surface area contributed by atoms with Gasteiger partial charge in [0.2, 0.25) is 0 Å². The molecular formula is C17H22N2O2. The van der Waals surface area contributed by atoms with E-state index in [1.54, 1.807) is 4.90 Å². The molecule has 0 saturated carbocycles. The summed E-state index contributed by atoms with van der Waals surface area (Å²) in [5.41, 5.74) is 3.82. The van der Waals surface area contributed by atoms with Gasteiger partial charge in [-0.15, -0.1) is 0 Å². The van der Waals surface area contributed by atoms with E-state index in [1.807, 2.05) is 26.0 Å². The summed E-state index contributed by atoms with van der Waals surface area (Å²) < 4.78 is 0. The zero-order chi connectivity index (χ0) is 15.1. The van der Waals surface area contributed by atoms with Gasteiger partial charge in [-0.25, -0.2) is 0 Å². The summed E-state index contributed by atoms with van der Waals surface area (Å²) in [7, 11) is 0. The van der Waals surface area contributed by atoms with Crippen LogP contribution in [0.4, 0.5) is 0 Å². The number of amides is 1.